The highest BCUT2D eigenvalue weighted by atomic mass is 15.1. The van der Waals surface area contributed by atoms with Crippen molar-refractivity contribution in [3.63, 3.8) is 0 Å². The average Bonchev–Trinajstić information content (AvgIpc) is 3.96. The Morgan fingerprint density at radius 1 is 0.492 bits per heavy atom. The summed E-state index contributed by atoms with van der Waals surface area (Å²) in [4.78, 5) is 14.2. The predicted molar refractivity (Wildman–Crippen MR) is 247 cm³/mol. The number of rotatable bonds is 7. The maximum Gasteiger partial charge on any atom is 0.147 e. The molecule has 11 rings (SSSR count). The van der Waals surface area contributed by atoms with Gasteiger partial charge in [0.15, 0.2) is 0 Å². The summed E-state index contributed by atoms with van der Waals surface area (Å²) in [5.74, 6) is 2.61. The number of imidazole rings is 1. The SMILES string of the molecule is CC(C)c1cccc(C(C)C)c1-c1ccc(-n2c(-c3cccc4c3[nH]c3ccccc34)nc3c(-c4ccc5c6ccccc6n(-c6ccccn6)c5c4)cccc32)cc1. The number of para-hydroxylation sites is 4. The second kappa shape index (κ2) is 13.7. The van der Waals surface area contributed by atoms with Gasteiger partial charge in [-0.05, 0) is 94.3 Å². The molecule has 0 bridgehead atoms. The van der Waals surface area contributed by atoms with Gasteiger partial charge >= 0.3 is 0 Å². The molecule has 0 saturated carbocycles. The molecule has 1 N–H and O–H groups in total. The van der Waals surface area contributed by atoms with Crippen molar-refractivity contribution in [3.8, 4) is 45.1 Å². The lowest BCUT2D eigenvalue weighted by molar-refractivity contribution is 0.838. The Labute approximate surface area is 343 Å². The number of fused-ring (bicyclic) bond motifs is 7. The molecule has 0 radical (unpaired) electrons. The lowest BCUT2D eigenvalue weighted by Gasteiger charge is -2.20. The predicted octanol–water partition coefficient (Wildman–Crippen LogP) is 14.4. The zero-order valence-corrected chi connectivity index (χ0v) is 33.6. The quantitative estimate of drug-likeness (QED) is 0.176. The lowest BCUT2D eigenvalue weighted by Crippen LogP contribution is -2.01. The number of H-pyrrole nitrogens is 1. The summed E-state index contributed by atoms with van der Waals surface area (Å²) in [5.41, 5.74) is 16.1. The molecule has 0 aliphatic heterocycles. The van der Waals surface area contributed by atoms with Gasteiger partial charge in [-0.3, -0.25) is 9.13 Å². The van der Waals surface area contributed by atoms with Gasteiger partial charge in [0.2, 0.25) is 0 Å². The van der Waals surface area contributed by atoms with E-state index in [2.05, 4.69) is 193 Å². The fraction of sp³-hybridized carbons (Fsp3) is 0.111. The summed E-state index contributed by atoms with van der Waals surface area (Å²) in [7, 11) is 0. The third-order valence-corrected chi connectivity index (χ3v) is 12.1. The number of pyridine rings is 1. The number of benzene rings is 7. The molecule has 0 amide bonds. The minimum Gasteiger partial charge on any atom is -0.354 e. The average molecular weight is 762 g/mol. The number of hydrogen-bond donors (Lipinski definition) is 1. The standard InChI is InChI=1S/C54H43N5/c1-33(2)38-16-11-17-39(34(3)4)51(38)35-25-28-37(29-26-35)58-48-23-13-18-40(53(48)57-54(58)45-20-12-19-44-41-14-5-7-21-46(41)56-52(44)45)36-27-30-43-42-15-6-8-22-47(42)59(49(43)32-36)50-24-9-10-31-55-50/h5-34,56H,1-4H3. The smallest absolute Gasteiger partial charge is 0.147 e. The third-order valence-electron chi connectivity index (χ3n) is 12.1. The number of aromatic nitrogens is 5. The van der Waals surface area contributed by atoms with E-state index < -0.39 is 0 Å². The van der Waals surface area contributed by atoms with E-state index in [1.54, 1.807) is 0 Å². The van der Waals surface area contributed by atoms with Crippen molar-refractivity contribution >= 4 is 54.6 Å². The molecular weight excluding hydrogens is 719 g/mol. The topological polar surface area (TPSA) is 51.4 Å². The van der Waals surface area contributed by atoms with E-state index >= 15 is 0 Å². The molecule has 0 atom stereocenters. The van der Waals surface area contributed by atoms with E-state index in [1.807, 2.05) is 18.3 Å². The van der Waals surface area contributed by atoms with Gasteiger partial charge in [0, 0.05) is 50.1 Å². The number of hydrogen-bond acceptors (Lipinski definition) is 2. The van der Waals surface area contributed by atoms with Crippen molar-refractivity contribution in [2.75, 3.05) is 0 Å². The van der Waals surface area contributed by atoms with Crippen LogP contribution in [0.25, 0.3) is 99.8 Å². The van der Waals surface area contributed by atoms with Gasteiger partial charge in [-0.15, -0.1) is 0 Å². The molecule has 0 aliphatic carbocycles. The highest BCUT2D eigenvalue weighted by Gasteiger charge is 2.22. The lowest BCUT2D eigenvalue weighted by atomic mass is 9.85. The van der Waals surface area contributed by atoms with Crippen LogP contribution in [0.2, 0.25) is 0 Å². The van der Waals surface area contributed by atoms with Gasteiger partial charge in [0.05, 0.1) is 27.6 Å². The van der Waals surface area contributed by atoms with Crippen LogP contribution in [0.15, 0.2) is 170 Å². The molecule has 4 aromatic heterocycles. The minimum absolute atomic E-state index is 0.409. The molecule has 7 aromatic carbocycles. The Bertz CT molecular complexity index is 3350. The molecule has 59 heavy (non-hydrogen) atoms. The van der Waals surface area contributed by atoms with Gasteiger partial charge in [-0.1, -0.05) is 137 Å². The van der Waals surface area contributed by atoms with Crippen LogP contribution in [-0.2, 0) is 0 Å². The zero-order chi connectivity index (χ0) is 39.8. The highest BCUT2D eigenvalue weighted by molar-refractivity contribution is 6.13. The van der Waals surface area contributed by atoms with E-state index in [4.69, 9.17) is 9.97 Å². The molecule has 11 aromatic rings. The first kappa shape index (κ1) is 35.0. The number of aromatic amines is 1. The van der Waals surface area contributed by atoms with E-state index in [0.717, 1.165) is 67.1 Å². The molecule has 0 aliphatic rings. The van der Waals surface area contributed by atoms with Crippen LogP contribution in [0.3, 0.4) is 0 Å². The molecule has 0 saturated heterocycles. The Balaban J connectivity index is 1.16. The second-order valence-electron chi connectivity index (χ2n) is 16.3. The van der Waals surface area contributed by atoms with E-state index in [0.29, 0.717) is 11.8 Å². The van der Waals surface area contributed by atoms with Crippen LogP contribution in [-0.4, -0.2) is 24.1 Å². The van der Waals surface area contributed by atoms with Crippen LogP contribution in [0.1, 0.15) is 50.7 Å². The third kappa shape index (κ3) is 5.53. The van der Waals surface area contributed by atoms with Crippen molar-refractivity contribution in [2.45, 2.75) is 39.5 Å². The molecule has 284 valence electrons. The highest BCUT2D eigenvalue weighted by Crippen LogP contribution is 2.42. The Morgan fingerprint density at radius 3 is 1.92 bits per heavy atom. The van der Waals surface area contributed by atoms with Crippen molar-refractivity contribution in [2.24, 2.45) is 0 Å². The van der Waals surface area contributed by atoms with E-state index in [-0.39, 0.29) is 0 Å². The van der Waals surface area contributed by atoms with Gasteiger partial charge < -0.3 is 4.98 Å². The first-order valence-corrected chi connectivity index (χ1v) is 20.6. The Hall–Kier alpha value is -7.24. The Kier molecular flexibility index (Phi) is 8.12. The fourth-order valence-electron chi connectivity index (χ4n) is 9.37. The zero-order valence-electron chi connectivity index (χ0n) is 33.6. The largest absolute Gasteiger partial charge is 0.354 e. The molecule has 0 unspecified atom stereocenters. The number of nitrogens with one attached hydrogen (secondary N) is 1. The van der Waals surface area contributed by atoms with Gasteiger partial charge in [-0.2, -0.15) is 0 Å². The summed E-state index contributed by atoms with van der Waals surface area (Å²) < 4.78 is 4.63. The van der Waals surface area contributed by atoms with Gasteiger partial charge in [0.25, 0.3) is 0 Å². The maximum atomic E-state index is 5.64. The van der Waals surface area contributed by atoms with E-state index in [1.165, 1.54) is 43.8 Å². The minimum atomic E-state index is 0.409. The monoisotopic (exact) mass is 761 g/mol. The summed E-state index contributed by atoms with van der Waals surface area (Å²) >= 11 is 0. The molecule has 5 nitrogen and oxygen atoms in total. The molecule has 0 spiro atoms. The fourth-order valence-corrected chi connectivity index (χ4v) is 9.37. The molecule has 5 heteroatoms. The summed E-state index contributed by atoms with van der Waals surface area (Å²) in [6.45, 7) is 9.16. The van der Waals surface area contributed by atoms with Crippen molar-refractivity contribution in [1.82, 2.24) is 24.1 Å². The molecule has 4 heterocycles. The first-order chi connectivity index (χ1) is 28.9. The van der Waals surface area contributed by atoms with Crippen LogP contribution in [0.5, 0.6) is 0 Å². The van der Waals surface area contributed by atoms with E-state index in [9.17, 15) is 0 Å². The van der Waals surface area contributed by atoms with Gasteiger partial charge in [0.1, 0.15) is 11.6 Å². The van der Waals surface area contributed by atoms with Crippen molar-refractivity contribution in [1.29, 1.82) is 0 Å². The first-order valence-electron chi connectivity index (χ1n) is 20.6. The van der Waals surface area contributed by atoms with Crippen molar-refractivity contribution in [3.05, 3.63) is 181 Å². The van der Waals surface area contributed by atoms with Crippen LogP contribution >= 0.6 is 0 Å². The maximum absolute atomic E-state index is 5.64. The van der Waals surface area contributed by atoms with Crippen molar-refractivity contribution < 1.29 is 0 Å². The van der Waals surface area contributed by atoms with Crippen LogP contribution in [0.4, 0.5) is 0 Å². The Morgan fingerprint density at radius 2 is 1.14 bits per heavy atom. The second-order valence-corrected chi connectivity index (χ2v) is 16.3. The summed E-state index contributed by atoms with van der Waals surface area (Å²) in [6.07, 6.45) is 1.86. The summed E-state index contributed by atoms with van der Waals surface area (Å²) in [6, 6.07) is 59.1. The van der Waals surface area contributed by atoms with Gasteiger partial charge in [-0.25, -0.2) is 9.97 Å². The van der Waals surface area contributed by atoms with Crippen LogP contribution in [0, 0.1) is 0 Å². The normalized spacial score (nSPS) is 12.0. The summed E-state index contributed by atoms with van der Waals surface area (Å²) in [5, 5.41) is 4.79. The molecular formula is C54H43N5. The molecule has 0 fully saturated rings. The number of nitrogens with zero attached hydrogens (tertiary/aromatic N) is 4. The van der Waals surface area contributed by atoms with Crippen LogP contribution < -0.4 is 0 Å².